The average molecular weight is 395 g/mol. The average Bonchev–Trinajstić information content (AvgIpc) is 3.36. The van der Waals surface area contributed by atoms with Gasteiger partial charge in [0, 0.05) is 34.1 Å². The maximum atomic E-state index is 12.6. The van der Waals surface area contributed by atoms with Crippen LogP contribution in [0.15, 0.2) is 82.4 Å². The van der Waals surface area contributed by atoms with E-state index in [2.05, 4.69) is 47.3 Å². The Bertz CT molecular complexity index is 1420. The Hall–Kier alpha value is -3.86. The molecule has 0 bridgehead atoms. The van der Waals surface area contributed by atoms with E-state index in [0.29, 0.717) is 11.6 Å². The van der Waals surface area contributed by atoms with Crippen LogP contribution in [0.25, 0.3) is 32.6 Å². The lowest BCUT2D eigenvalue weighted by molar-refractivity contribution is 0.0929. The molecule has 0 radical (unpaired) electrons. The number of carbonyl (C=O) groups excluding carboxylic acids is 1. The number of carbonyl (C=O) groups is 1. The number of para-hydroxylation sites is 1. The Balaban J connectivity index is 1.42. The van der Waals surface area contributed by atoms with Crippen LogP contribution in [0.5, 0.6) is 0 Å². The highest BCUT2D eigenvalue weighted by Crippen LogP contribution is 2.28. The molecule has 0 aliphatic heterocycles. The number of fused-ring (bicyclic) bond motifs is 4. The first kappa shape index (κ1) is 18.2. The smallest absolute Gasteiger partial charge is 0.307 e. The molecule has 5 rings (SSSR count). The van der Waals surface area contributed by atoms with Gasteiger partial charge in [0.05, 0.1) is 6.21 Å². The number of amides is 1. The molecule has 5 nitrogen and oxygen atoms in total. The summed E-state index contributed by atoms with van der Waals surface area (Å²) in [5, 5.41) is 8.36. The first-order valence-electron chi connectivity index (χ1n) is 9.96. The van der Waals surface area contributed by atoms with Crippen LogP contribution in [-0.2, 0) is 0 Å². The van der Waals surface area contributed by atoms with Crippen LogP contribution in [0.3, 0.4) is 0 Å². The Kier molecular flexibility index (Phi) is 4.36. The molecule has 0 saturated carbocycles. The molecule has 0 aliphatic carbocycles. The summed E-state index contributed by atoms with van der Waals surface area (Å²) >= 11 is 0. The lowest BCUT2D eigenvalue weighted by Crippen LogP contribution is -2.16. The molecular formula is C25H21N3O2. The minimum atomic E-state index is -0.376. The summed E-state index contributed by atoms with van der Waals surface area (Å²) in [6.07, 6.45) is 3.73. The lowest BCUT2D eigenvalue weighted by Gasteiger charge is -2.08. The number of furan rings is 1. The Morgan fingerprint density at radius 3 is 2.60 bits per heavy atom. The minimum Gasteiger partial charge on any atom is -0.451 e. The van der Waals surface area contributed by atoms with E-state index < -0.39 is 0 Å². The van der Waals surface area contributed by atoms with E-state index in [1.54, 1.807) is 12.3 Å². The fourth-order valence-corrected chi connectivity index (χ4v) is 3.88. The van der Waals surface area contributed by atoms with Gasteiger partial charge < -0.3 is 8.98 Å². The van der Waals surface area contributed by atoms with Crippen molar-refractivity contribution in [2.24, 2.45) is 5.10 Å². The van der Waals surface area contributed by atoms with Crippen molar-refractivity contribution in [2.45, 2.75) is 19.9 Å². The highest BCUT2D eigenvalue weighted by Gasteiger charge is 2.14. The van der Waals surface area contributed by atoms with Crippen molar-refractivity contribution in [3.05, 3.63) is 84.3 Å². The van der Waals surface area contributed by atoms with Gasteiger partial charge in [-0.2, -0.15) is 5.10 Å². The zero-order chi connectivity index (χ0) is 20.7. The van der Waals surface area contributed by atoms with Crippen LogP contribution in [-0.4, -0.2) is 16.7 Å². The molecule has 1 N–H and O–H groups in total. The number of hydrogen-bond donors (Lipinski definition) is 1. The summed E-state index contributed by atoms with van der Waals surface area (Å²) < 4.78 is 7.95. The van der Waals surface area contributed by atoms with Crippen LogP contribution in [0.1, 0.15) is 36.0 Å². The molecule has 0 atom stereocenters. The normalized spacial score (nSPS) is 12.0. The third-order valence-corrected chi connectivity index (χ3v) is 5.35. The third kappa shape index (κ3) is 3.05. The molecule has 0 spiro atoms. The molecule has 5 aromatic rings. The summed E-state index contributed by atoms with van der Waals surface area (Å²) in [6, 6.07) is 22.2. The molecular weight excluding hydrogens is 374 g/mol. The molecule has 2 heterocycles. The first-order chi connectivity index (χ1) is 14.6. The molecule has 148 valence electrons. The maximum Gasteiger partial charge on any atom is 0.307 e. The topological polar surface area (TPSA) is 59.5 Å². The van der Waals surface area contributed by atoms with Crippen LogP contribution in [0.2, 0.25) is 0 Å². The van der Waals surface area contributed by atoms with Crippen molar-refractivity contribution in [1.82, 2.24) is 9.99 Å². The second-order valence-electron chi connectivity index (χ2n) is 7.61. The van der Waals surface area contributed by atoms with Crippen LogP contribution in [0.4, 0.5) is 0 Å². The quantitative estimate of drug-likeness (QED) is 0.305. The van der Waals surface area contributed by atoms with Gasteiger partial charge in [-0.25, -0.2) is 5.43 Å². The Labute approximate surface area is 173 Å². The lowest BCUT2D eigenvalue weighted by atomic mass is 10.1. The van der Waals surface area contributed by atoms with Crippen LogP contribution in [0, 0.1) is 0 Å². The van der Waals surface area contributed by atoms with Gasteiger partial charge in [-0.3, -0.25) is 4.79 Å². The van der Waals surface area contributed by atoms with Crippen molar-refractivity contribution in [3.63, 3.8) is 0 Å². The third-order valence-electron chi connectivity index (χ3n) is 5.35. The fourth-order valence-electron chi connectivity index (χ4n) is 3.88. The minimum absolute atomic E-state index is 0.239. The molecule has 0 fully saturated rings. The molecule has 0 aliphatic rings. The predicted molar refractivity (Wildman–Crippen MR) is 121 cm³/mol. The van der Waals surface area contributed by atoms with Crippen molar-refractivity contribution in [1.29, 1.82) is 0 Å². The van der Waals surface area contributed by atoms with Gasteiger partial charge in [0.1, 0.15) is 5.58 Å². The number of rotatable bonds is 4. The van der Waals surface area contributed by atoms with E-state index in [0.717, 1.165) is 32.6 Å². The van der Waals surface area contributed by atoms with E-state index in [4.69, 9.17) is 4.42 Å². The summed E-state index contributed by atoms with van der Waals surface area (Å²) in [6.45, 7) is 4.28. The van der Waals surface area contributed by atoms with Crippen molar-refractivity contribution in [3.8, 4) is 0 Å². The van der Waals surface area contributed by atoms with Crippen LogP contribution < -0.4 is 5.43 Å². The highest BCUT2D eigenvalue weighted by atomic mass is 16.3. The second-order valence-corrected chi connectivity index (χ2v) is 7.61. The number of hydrazone groups is 1. The largest absolute Gasteiger partial charge is 0.451 e. The van der Waals surface area contributed by atoms with E-state index in [-0.39, 0.29) is 11.7 Å². The van der Waals surface area contributed by atoms with E-state index in [9.17, 15) is 4.79 Å². The van der Waals surface area contributed by atoms with Gasteiger partial charge in [-0.05, 0) is 42.8 Å². The van der Waals surface area contributed by atoms with Gasteiger partial charge in [0.2, 0.25) is 0 Å². The van der Waals surface area contributed by atoms with Gasteiger partial charge >= 0.3 is 5.91 Å². The number of nitrogens with one attached hydrogen (secondary N) is 1. The highest BCUT2D eigenvalue weighted by molar-refractivity contribution is 6.08. The SMILES string of the molecule is CC(C)n1cc(/C=N\NC(=O)c2cc3c(ccc4ccccc43)o2)c2ccccc21. The summed E-state index contributed by atoms with van der Waals surface area (Å²) in [5.74, 6) is -0.137. The number of benzene rings is 3. The van der Waals surface area contributed by atoms with Gasteiger partial charge in [-0.15, -0.1) is 0 Å². The van der Waals surface area contributed by atoms with E-state index in [1.165, 1.54) is 0 Å². The predicted octanol–water partition coefficient (Wildman–Crippen LogP) is 5.89. The number of nitrogens with zero attached hydrogens (tertiary/aromatic N) is 2. The van der Waals surface area contributed by atoms with Crippen molar-refractivity contribution in [2.75, 3.05) is 0 Å². The maximum absolute atomic E-state index is 12.6. The molecule has 2 aromatic heterocycles. The van der Waals surface area contributed by atoms with Crippen molar-refractivity contribution < 1.29 is 9.21 Å². The molecule has 0 saturated heterocycles. The Morgan fingerprint density at radius 1 is 1.00 bits per heavy atom. The molecule has 5 heteroatoms. The summed E-state index contributed by atoms with van der Waals surface area (Å²) in [4.78, 5) is 12.6. The molecule has 0 unspecified atom stereocenters. The van der Waals surface area contributed by atoms with E-state index >= 15 is 0 Å². The standard InChI is InChI=1S/C25H21N3O2/c1-16(2)28-15-18(20-9-5-6-10-22(20)28)14-26-27-25(29)24-13-21-19-8-4-3-7-17(19)11-12-23(21)30-24/h3-16H,1-2H3,(H,27,29)/b26-14-. The monoisotopic (exact) mass is 395 g/mol. The van der Waals surface area contributed by atoms with Gasteiger partial charge in [0.15, 0.2) is 5.76 Å². The fraction of sp³-hybridized carbons (Fsp3) is 0.120. The zero-order valence-electron chi connectivity index (χ0n) is 16.8. The number of aromatic nitrogens is 1. The van der Waals surface area contributed by atoms with Crippen molar-refractivity contribution >= 4 is 44.8 Å². The van der Waals surface area contributed by atoms with Gasteiger partial charge in [0.25, 0.3) is 0 Å². The summed E-state index contributed by atoms with van der Waals surface area (Å²) in [7, 11) is 0. The second kappa shape index (κ2) is 7.19. The first-order valence-corrected chi connectivity index (χ1v) is 9.96. The number of hydrogen-bond acceptors (Lipinski definition) is 3. The summed E-state index contributed by atoms with van der Waals surface area (Å²) in [5.41, 5.74) is 5.37. The Morgan fingerprint density at radius 2 is 1.77 bits per heavy atom. The molecule has 1 amide bonds. The molecule has 30 heavy (non-hydrogen) atoms. The molecule has 3 aromatic carbocycles. The zero-order valence-corrected chi connectivity index (χ0v) is 16.8. The van der Waals surface area contributed by atoms with Crippen LogP contribution >= 0.6 is 0 Å². The van der Waals surface area contributed by atoms with E-state index in [1.807, 2.05) is 48.5 Å². The van der Waals surface area contributed by atoms with Gasteiger partial charge in [-0.1, -0.05) is 48.5 Å².